The Morgan fingerprint density at radius 2 is 1.89 bits per heavy atom. The Morgan fingerprint density at radius 1 is 1.16 bits per heavy atom. The van der Waals surface area contributed by atoms with Crippen LogP contribution in [0.5, 0.6) is 0 Å². The lowest BCUT2D eigenvalue weighted by Gasteiger charge is -2.22. The average Bonchev–Trinajstić information content (AvgIpc) is 3.67. The van der Waals surface area contributed by atoms with Gasteiger partial charge in [-0.2, -0.15) is 0 Å². The summed E-state index contributed by atoms with van der Waals surface area (Å²) in [6.07, 6.45) is 1.36. The molecule has 1 aromatic carbocycles. The summed E-state index contributed by atoms with van der Waals surface area (Å²) in [7, 11) is 0. The van der Waals surface area contributed by atoms with Crippen molar-refractivity contribution in [3.63, 3.8) is 0 Å². The molecule has 0 bridgehead atoms. The van der Waals surface area contributed by atoms with Gasteiger partial charge < -0.3 is 14.6 Å². The Bertz CT molecular complexity index is 1430. The lowest BCUT2D eigenvalue weighted by atomic mass is 10.0. The lowest BCUT2D eigenvalue weighted by molar-refractivity contribution is -0.134. The maximum atomic E-state index is 13.1. The molecular formula is C24H18FN3O6S3. The molecule has 37 heavy (non-hydrogen) atoms. The molecule has 1 unspecified atom stereocenters. The van der Waals surface area contributed by atoms with E-state index in [-0.39, 0.29) is 22.3 Å². The molecule has 1 amide bonds. The van der Waals surface area contributed by atoms with E-state index in [0.717, 1.165) is 12.5 Å². The van der Waals surface area contributed by atoms with Crippen molar-refractivity contribution in [2.24, 2.45) is 0 Å². The molecule has 0 radical (unpaired) electrons. The van der Waals surface area contributed by atoms with Crippen molar-refractivity contribution >= 4 is 57.2 Å². The molecule has 5 rings (SSSR count). The molecule has 0 saturated heterocycles. The van der Waals surface area contributed by atoms with Crippen molar-refractivity contribution < 1.29 is 33.4 Å². The number of aliphatic carboxylic acids is 1. The maximum Gasteiger partial charge on any atom is 0.300 e. The zero-order valence-electron chi connectivity index (χ0n) is 19.0. The van der Waals surface area contributed by atoms with Gasteiger partial charge in [0.05, 0.1) is 11.8 Å². The molecular weight excluding hydrogens is 541 g/mol. The Hall–Kier alpha value is -3.81. The third kappa shape index (κ3) is 5.96. The van der Waals surface area contributed by atoms with Gasteiger partial charge in [0, 0.05) is 17.6 Å². The Kier molecular flexibility index (Phi) is 8.16. The molecule has 9 nitrogen and oxygen atoms in total. The SMILES string of the molecule is CC(=O)O.O=C(C1=C(O)C(=O)N(c2nnc(SCc3ccc(F)cc3)s2)C1c1cccs1)c1ccco1. The van der Waals surface area contributed by atoms with Crippen LogP contribution < -0.4 is 4.90 Å². The van der Waals surface area contributed by atoms with Crippen LogP contribution in [-0.2, 0) is 15.3 Å². The van der Waals surface area contributed by atoms with Crippen molar-refractivity contribution in [1.82, 2.24) is 10.2 Å². The van der Waals surface area contributed by atoms with Crippen LogP contribution in [0.25, 0.3) is 0 Å². The first kappa shape index (κ1) is 26.3. The summed E-state index contributed by atoms with van der Waals surface area (Å²) in [6, 6.07) is 11.9. The summed E-state index contributed by atoms with van der Waals surface area (Å²) in [6.45, 7) is 1.08. The average molecular weight is 560 g/mol. The van der Waals surface area contributed by atoms with E-state index in [2.05, 4.69) is 10.2 Å². The minimum Gasteiger partial charge on any atom is -0.503 e. The van der Waals surface area contributed by atoms with Crippen LogP contribution in [0.1, 0.15) is 34.0 Å². The van der Waals surface area contributed by atoms with Gasteiger partial charge in [-0.05, 0) is 41.3 Å². The quantitative estimate of drug-likeness (QED) is 0.171. The first-order chi connectivity index (χ1) is 17.8. The zero-order valence-corrected chi connectivity index (χ0v) is 21.5. The second-order valence-corrected chi connectivity index (χ2v) is 10.6. The highest BCUT2D eigenvalue weighted by molar-refractivity contribution is 8.00. The summed E-state index contributed by atoms with van der Waals surface area (Å²) in [5.74, 6) is -2.49. The van der Waals surface area contributed by atoms with Gasteiger partial charge in [0.1, 0.15) is 11.9 Å². The number of halogens is 1. The number of hydrogen-bond donors (Lipinski definition) is 2. The fraction of sp³-hybridized carbons (Fsp3) is 0.125. The number of amides is 1. The number of carboxylic acids is 1. The molecule has 0 spiro atoms. The van der Waals surface area contributed by atoms with E-state index in [0.29, 0.717) is 15.0 Å². The van der Waals surface area contributed by atoms with Crippen LogP contribution in [-0.4, -0.2) is 38.1 Å². The van der Waals surface area contributed by atoms with Gasteiger partial charge in [0.15, 0.2) is 15.9 Å². The van der Waals surface area contributed by atoms with Crippen molar-refractivity contribution in [3.05, 3.63) is 93.5 Å². The monoisotopic (exact) mass is 559 g/mol. The van der Waals surface area contributed by atoms with E-state index in [1.807, 2.05) is 5.38 Å². The number of carbonyl (C=O) groups is 3. The second-order valence-electron chi connectivity index (χ2n) is 7.45. The highest BCUT2D eigenvalue weighted by Gasteiger charge is 2.47. The smallest absolute Gasteiger partial charge is 0.300 e. The Balaban J connectivity index is 0.000000747. The number of aliphatic hydroxyl groups is 1. The number of furan rings is 1. The van der Waals surface area contributed by atoms with Gasteiger partial charge in [-0.1, -0.05) is 41.3 Å². The molecule has 1 atom stereocenters. The molecule has 13 heteroatoms. The molecule has 190 valence electrons. The summed E-state index contributed by atoms with van der Waals surface area (Å²) in [5.41, 5.74) is 0.852. The third-order valence-electron chi connectivity index (χ3n) is 4.89. The Morgan fingerprint density at radius 3 is 2.51 bits per heavy atom. The van der Waals surface area contributed by atoms with Gasteiger partial charge in [0.25, 0.3) is 11.9 Å². The summed E-state index contributed by atoms with van der Waals surface area (Å²) in [4.78, 5) is 37.1. The van der Waals surface area contributed by atoms with Crippen molar-refractivity contribution in [2.75, 3.05) is 4.90 Å². The van der Waals surface area contributed by atoms with Gasteiger partial charge in [-0.25, -0.2) is 4.39 Å². The number of Topliss-reactive ketones (excluding diaryl/α,β-unsaturated/α-hetero) is 1. The number of aliphatic hydroxyl groups excluding tert-OH is 1. The van der Waals surface area contributed by atoms with Crippen LogP contribution in [0.2, 0.25) is 0 Å². The predicted octanol–water partition coefficient (Wildman–Crippen LogP) is 5.50. The number of anilines is 1. The normalized spacial score (nSPS) is 15.0. The van der Waals surface area contributed by atoms with Crippen LogP contribution in [0, 0.1) is 5.82 Å². The number of nitrogens with zero attached hydrogens (tertiary/aromatic N) is 3. The van der Waals surface area contributed by atoms with Crippen LogP contribution in [0.3, 0.4) is 0 Å². The van der Waals surface area contributed by atoms with Crippen LogP contribution in [0.4, 0.5) is 9.52 Å². The van der Waals surface area contributed by atoms with Crippen molar-refractivity contribution in [2.45, 2.75) is 23.1 Å². The minimum atomic E-state index is -0.849. The van der Waals surface area contributed by atoms with Gasteiger partial charge in [-0.3, -0.25) is 19.3 Å². The minimum absolute atomic E-state index is 0.0283. The summed E-state index contributed by atoms with van der Waals surface area (Å²) in [5, 5.41) is 28.5. The van der Waals surface area contributed by atoms with Gasteiger partial charge in [0.2, 0.25) is 10.9 Å². The molecule has 3 aromatic heterocycles. The molecule has 4 aromatic rings. The zero-order chi connectivity index (χ0) is 26.5. The fourth-order valence-electron chi connectivity index (χ4n) is 3.37. The third-order valence-corrected chi connectivity index (χ3v) is 7.94. The first-order valence-corrected chi connectivity index (χ1v) is 13.2. The number of thioether (sulfide) groups is 1. The van der Waals surface area contributed by atoms with E-state index in [9.17, 15) is 19.1 Å². The highest BCUT2D eigenvalue weighted by Crippen LogP contribution is 2.45. The van der Waals surface area contributed by atoms with E-state index < -0.39 is 29.5 Å². The molecule has 1 aliphatic heterocycles. The summed E-state index contributed by atoms with van der Waals surface area (Å²) >= 11 is 3.92. The predicted molar refractivity (Wildman–Crippen MR) is 136 cm³/mol. The topological polar surface area (TPSA) is 134 Å². The molecule has 0 saturated carbocycles. The van der Waals surface area contributed by atoms with E-state index in [4.69, 9.17) is 14.3 Å². The fourth-order valence-corrected chi connectivity index (χ4v) is 6.02. The first-order valence-electron chi connectivity index (χ1n) is 10.5. The number of aromatic nitrogens is 2. The number of carboxylic acid groups (broad SMARTS) is 1. The number of hydrogen-bond acceptors (Lipinski definition) is 10. The van der Waals surface area contributed by atoms with Crippen LogP contribution in [0.15, 0.2) is 80.3 Å². The molecule has 0 aliphatic carbocycles. The van der Waals surface area contributed by atoms with E-state index in [1.165, 1.54) is 63.8 Å². The number of benzene rings is 1. The summed E-state index contributed by atoms with van der Waals surface area (Å²) < 4.78 is 18.9. The van der Waals surface area contributed by atoms with Crippen molar-refractivity contribution in [1.29, 1.82) is 0 Å². The standard InChI is InChI=1S/C22H14FN3O4S3.C2H4O2/c23-13-7-5-12(6-8-13)11-32-22-25-24-21(33-22)26-17(15-4-2-10-31-15)16(19(28)20(26)29)18(27)14-3-1-9-30-14;1-2(3)4/h1-10,17,28H,11H2;1H3,(H,3,4). The second kappa shape index (κ2) is 11.5. The number of carbonyl (C=O) groups excluding carboxylic acids is 2. The molecule has 4 heterocycles. The lowest BCUT2D eigenvalue weighted by Crippen LogP contribution is -2.30. The number of ketones is 1. The molecule has 1 aliphatic rings. The Labute approximate surface area is 221 Å². The highest BCUT2D eigenvalue weighted by atomic mass is 32.2. The van der Waals surface area contributed by atoms with E-state index >= 15 is 0 Å². The molecule has 0 fully saturated rings. The number of thiophene rings is 1. The maximum absolute atomic E-state index is 13.1. The number of rotatable bonds is 7. The van der Waals surface area contributed by atoms with Gasteiger partial charge >= 0.3 is 0 Å². The van der Waals surface area contributed by atoms with Gasteiger partial charge in [-0.15, -0.1) is 21.5 Å². The van der Waals surface area contributed by atoms with Crippen molar-refractivity contribution in [3.8, 4) is 0 Å². The molecule has 2 N–H and O–H groups in total. The van der Waals surface area contributed by atoms with E-state index in [1.54, 1.807) is 30.3 Å². The van der Waals surface area contributed by atoms with Crippen LogP contribution >= 0.6 is 34.4 Å². The largest absolute Gasteiger partial charge is 0.503 e.